The molecule has 7 nitrogen and oxygen atoms in total. The quantitative estimate of drug-likeness (QED) is 0.510. The number of nitrogens with two attached hydrogens (primary N) is 1. The number of alkyl halides is 2. The molecule has 142 valence electrons. The number of hydrogen-bond acceptors (Lipinski definition) is 4. The van der Waals surface area contributed by atoms with Gasteiger partial charge in [-0.3, -0.25) is 14.4 Å². The Hall–Kier alpha value is -1.77. The van der Waals surface area contributed by atoms with Crippen LogP contribution in [-0.2, 0) is 14.4 Å². The van der Waals surface area contributed by atoms with Crippen LogP contribution in [0.3, 0.4) is 0 Å². The van der Waals surface area contributed by atoms with Gasteiger partial charge < -0.3 is 21.5 Å². The number of primary amides is 1. The average molecular weight is 361 g/mol. The van der Waals surface area contributed by atoms with Crippen LogP contribution >= 0.6 is 0 Å². The van der Waals surface area contributed by atoms with Crippen molar-refractivity contribution in [3.63, 3.8) is 0 Å². The minimum absolute atomic E-state index is 0.208. The average Bonchev–Trinajstić information content (AvgIpc) is 2.89. The monoisotopic (exact) mass is 361 g/mol. The second-order valence-corrected chi connectivity index (χ2v) is 7.27. The van der Waals surface area contributed by atoms with E-state index >= 15 is 0 Å². The third-order valence-corrected chi connectivity index (χ3v) is 5.10. The van der Waals surface area contributed by atoms with E-state index in [2.05, 4.69) is 10.6 Å². The molecule has 3 amide bonds. The van der Waals surface area contributed by atoms with Gasteiger partial charge in [-0.15, -0.1) is 0 Å². The molecule has 0 aromatic rings. The Morgan fingerprint density at radius 2 is 1.84 bits per heavy atom. The van der Waals surface area contributed by atoms with Crippen molar-refractivity contribution in [2.45, 2.75) is 81.4 Å². The molecule has 0 aliphatic heterocycles. The first-order chi connectivity index (χ1) is 11.6. The van der Waals surface area contributed by atoms with Crippen molar-refractivity contribution in [3.8, 4) is 0 Å². The van der Waals surface area contributed by atoms with Crippen molar-refractivity contribution < 1.29 is 28.3 Å². The van der Waals surface area contributed by atoms with Crippen molar-refractivity contribution in [3.05, 3.63) is 0 Å². The number of amides is 3. The fraction of sp³-hybridized carbons (Fsp3) is 0.812. The minimum atomic E-state index is -1.76. The van der Waals surface area contributed by atoms with Crippen molar-refractivity contribution in [1.29, 1.82) is 0 Å². The molecule has 1 unspecified atom stereocenters. The first-order valence-corrected chi connectivity index (χ1v) is 8.46. The minimum Gasteiger partial charge on any atom is -0.381 e. The molecule has 2 aliphatic rings. The van der Waals surface area contributed by atoms with E-state index in [1.54, 1.807) is 0 Å². The molecule has 0 saturated heterocycles. The third kappa shape index (κ3) is 4.45. The lowest BCUT2D eigenvalue weighted by atomic mass is 9.70. The fourth-order valence-corrected chi connectivity index (χ4v) is 3.76. The first kappa shape index (κ1) is 19.6. The topological polar surface area (TPSA) is 122 Å². The fourth-order valence-electron chi connectivity index (χ4n) is 3.76. The van der Waals surface area contributed by atoms with Gasteiger partial charge in [-0.25, -0.2) is 8.78 Å². The summed E-state index contributed by atoms with van der Waals surface area (Å²) in [6, 6.07) is -1.17. The molecule has 0 spiro atoms. The molecule has 2 rings (SSSR count). The number of carbonyl (C=O) groups excluding carboxylic acids is 3. The van der Waals surface area contributed by atoms with Crippen molar-refractivity contribution >= 4 is 17.7 Å². The highest BCUT2D eigenvalue weighted by Gasteiger charge is 2.54. The van der Waals surface area contributed by atoms with Crippen LogP contribution in [0.1, 0.15) is 51.9 Å². The Morgan fingerprint density at radius 1 is 1.28 bits per heavy atom. The summed E-state index contributed by atoms with van der Waals surface area (Å²) in [5.41, 5.74) is 2.00. The number of nitrogens with one attached hydrogen (secondary N) is 2. The van der Waals surface area contributed by atoms with Gasteiger partial charge in [0, 0.05) is 26.2 Å². The Kier molecular flexibility index (Phi) is 5.65. The van der Waals surface area contributed by atoms with Gasteiger partial charge in [0.25, 0.3) is 0 Å². The summed E-state index contributed by atoms with van der Waals surface area (Å²) in [5, 5.41) is 14.8. The largest absolute Gasteiger partial charge is 0.381 e. The standard InChI is InChI=1S/C16H25F2N3O4/c1-9(22)20-11(8-15(18)4-2-3-5-15)14(25)21-16(6-10(17)7-16)12(23)13(19)24/h10-12,23H,2-8H2,1H3,(H2,19,24)(H,20,22)(H,21,25)/t10?,11-,12?,16?/m0/s1. The molecular weight excluding hydrogens is 336 g/mol. The van der Waals surface area contributed by atoms with Crippen LogP contribution in [0.4, 0.5) is 8.78 Å². The maximum absolute atomic E-state index is 14.7. The molecule has 0 radical (unpaired) electrons. The van der Waals surface area contributed by atoms with E-state index < -0.39 is 47.2 Å². The van der Waals surface area contributed by atoms with Crippen LogP contribution < -0.4 is 16.4 Å². The Balaban J connectivity index is 2.12. The summed E-state index contributed by atoms with van der Waals surface area (Å²) in [4.78, 5) is 35.2. The molecule has 5 N–H and O–H groups in total. The normalized spacial score (nSPS) is 30.0. The predicted molar refractivity (Wildman–Crippen MR) is 84.7 cm³/mol. The smallest absolute Gasteiger partial charge is 0.248 e. The highest BCUT2D eigenvalue weighted by Crippen LogP contribution is 2.39. The number of halogens is 2. The van der Waals surface area contributed by atoms with Gasteiger partial charge in [0.1, 0.15) is 17.9 Å². The molecule has 0 aromatic carbocycles. The van der Waals surface area contributed by atoms with Gasteiger partial charge in [-0.05, 0) is 12.8 Å². The second-order valence-electron chi connectivity index (χ2n) is 7.27. The van der Waals surface area contributed by atoms with Gasteiger partial charge in [0.05, 0.1) is 5.54 Å². The zero-order chi connectivity index (χ0) is 18.8. The molecule has 2 saturated carbocycles. The summed E-state index contributed by atoms with van der Waals surface area (Å²) in [5.74, 6) is -2.35. The molecule has 2 fully saturated rings. The van der Waals surface area contributed by atoms with Crippen LogP contribution in [0.2, 0.25) is 0 Å². The lowest BCUT2D eigenvalue weighted by Crippen LogP contribution is -2.70. The van der Waals surface area contributed by atoms with Crippen molar-refractivity contribution in [1.82, 2.24) is 10.6 Å². The number of rotatable bonds is 7. The summed E-state index contributed by atoms with van der Waals surface area (Å²) in [7, 11) is 0. The maximum atomic E-state index is 14.7. The van der Waals surface area contributed by atoms with Gasteiger partial charge >= 0.3 is 0 Å². The Labute approximate surface area is 144 Å². The van der Waals surface area contributed by atoms with Crippen molar-refractivity contribution in [2.24, 2.45) is 5.73 Å². The Bertz CT molecular complexity index is 545. The van der Waals surface area contributed by atoms with Crippen LogP contribution in [-0.4, -0.2) is 52.4 Å². The van der Waals surface area contributed by atoms with Crippen LogP contribution in [0.15, 0.2) is 0 Å². The molecule has 9 heteroatoms. The summed E-state index contributed by atoms with van der Waals surface area (Å²) >= 11 is 0. The van der Waals surface area contributed by atoms with E-state index in [0.717, 1.165) is 0 Å². The highest BCUT2D eigenvalue weighted by atomic mass is 19.1. The first-order valence-electron chi connectivity index (χ1n) is 8.46. The maximum Gasteiger partial charge on any atom is 0.248 e. The molecular formula is C16H25F2N3O4. The molecule has 2 atom stereocenters. The van der Waals surface area contributed by atoms with E-state index in [9.17, 15) is 28.3 Å². The zero-order valence-electron chi connectivity index (χ0n) is 14.2. The van der Waals surface area contributed by atoms with E-state index in [0.29, 0.717) is 25.7 Å². The van der Waals surface area contributed by atoms with Gasteiger partial charge in [-0.2, -0.15) is 0 Å². The predicted octanol–water partition coefficient (Wildman–Crippen LogP) is -0.00340. The molecule has 2 aliphatic carbocycles. The van der Waals surface area contributed by atoms with E-state index in [1.165, 1.54) is 6.92 Å². The molecule has 0 heterocycles. The summed E-state index contributed by atoms with van der Waals surface area (Å²) in [6.07, 6.45) is -1.76. The number of hydrogen-bond donors (Lipinski definition) is 4. The molecule has 0 bridgehead atoms. The van der Waals surface area contributed by atoms with Gasteiger partial charge in [0.15, 0.2) is 6.10 Å². The second kappa shape index (κ2) is 7.23. The van der Waals surface area contributed by atoms with Gasteiger partial charge in [-0.1, -0.05) is 12.8 Å². The summed E-state index contributed by atoms with van der Waals surface area (Å²) < 4.78 is 28.1. The van der Waals surface area contributed by atoms with E-state index in [1.807, 2.05) is 0 Å². The number of aliphatic hydroxyl groups excluding tert-OH is 1. The molecule has 0 aromatic heterocycles. The van der Waals surface area contributed by atoms with E-state index in [4.69, 9.17) is 5.73 Å². The van der Waals surface area contributed by atoms with Crippen LogP contribution in [0.5, 0.6) is 0 Å². The van der Waals surface area contributed by atoms with Crippen molar-refractivity contribution in [2.75, 3.05) is 0 Å². The Morgan fingerprint density at radius 3 is 2.28 bits per heavy atom. The van der Waals surface area contributed by atoms with E-state index in [-0.39, 0.29) is 19.3 Å². The lowest BCUT2D eigenvalue weighted by Gasteiger charge is -2.47. The van der Waals surface area contributed by atoms with Crippen LogP contribution in [0, 0.1) is 0 Å². The van der Waals surface area contributed by atoms with Crippen LogP contribution in [0.25, 0.3) is 0 Å². The zero-order valence-corrected chi connectivity index (χ0v) is 14.2. The number of carbonyl (C=O) groups is 3. The summed E-state index contributed by atoms with van der Waals surface area (Å²) in [6.45, 7) is 1.20. The lowest BCUT2D eigenvalue weighted by molar-refractivity contribution is -0.143. The molecule has 25 heavy (non-hydrogen) atoms. The van der Waals surface area contributed by atoms with Gasteiger partial charge in [0.2, 0.25) is 17.7 Å². The SMILES string of the molecule is CC(=O)N[C@@H](CC1(F)CCCC1)C(=O)NC1(C(O)C(N)=O)CC(F)C1. The highest BCUT2D eigenvalue weighted by molar-refractivity contribution is 5.89. The number of aliphatic hydroxyl groups is 1. The third-order valence-electron chi connectivity index (χ3n) is 5.10.